The van der Waals surface area contributed by atoms with E-state index in [9.17, 15) is 0 Å². The number of nitrogens with one attached hydrogen (secondary N) is 1. The molecule has 2 heterocycles. The zero-order chi connectivity index (χ0) is 11.0. The SMILES string of the molecule is Brc1ccc(-c2cc3n(n2)CCNC3)cc1. The predicted octanol–water partition coefficient (Wildman–Crippen LogP) is 2.42. The summed E-state index contributed by atoms with van der Waals surface area (Å²) in [7, 11) is 0. The van der Waals surface area contributed by atoms with Crippen LogP contribution < -0.4 is 5.32 Å². The first-order valence-electron chi connectivity index (χ1n) is 5.36. The molecule has 1 aromatic carbocycles. The number of aromatic nitrogens is 2. The largest absolute Gasteiger partial charge is 0.309 e. The molecule has 0 fully saturated rings. The van der Waals surface area contributed by atoms with Crippen molar-refractivity contribution in [2.24, 2.45) is 0 Å². The van der Waals surface area contributed by atoms with E-state index in [1.165, 1.54) is 11.3 Å². The number of hydrogen-bond acceptors (Lipinski definition) is 2. The van der Waals surface area contributed by atoms with E-state index in [2.05, 4.69) is 49.2 Å². The second-order valence-electron chi connectivity index (χ2n) is 3.93. The quantitative estimate of drug-likeness (QED) is 0.868. The van der Waals surface area contributed by atoms with Crippen LogP contribution in [0.3, 0.4) is 0 Å². The molecule has 0 aliphatic carbocycles. The Balaban J connectivity index is 2.00. The van der Waals surface area contributed by atoms with Crippen LogP contribution in [0.25, 0.3) is 11.3 Å². The van der Waals surface area contributed by atoms with Gasteiger partial charge in [0.1, 0.15) is 0 Å². The Morgan fingerprint density at radius 3 is 2.81 bits per heavy atom. The first-order valence-corrected chi connectivity index (χ1v) is 6.15. The molecular weight excluding hydrogens is 266 g/mol. The summed E-state index contributed by atoms with van der Waals surface area (Å²) in [6.07, 6.45) is 0. The van der Waals surface area contributed by atoms with Gasteiger partial charge in [0.25, 0.3) is 0 Å². The van der Waals surface area contributed by atoms with Gasteiger partial charge in [0.2, 0.25) is 0 Å². The highest BCUT2D eigenvalue weighted by Gasteiger charge is 2.12. The number of rotatable bonds is 1. The van der Waals surface area contributed by atoms with E-state index >= 15 is 0 Å². The van der Waals surface area contributed by atoms with Crippen LogP contribution in [0.4, 0.5) is 0 Å². The summed E-state index contributed by atoms with van der Waals surface area (Å²) in [6.45, 7) is 2.89. The van der Waals surface area contributed by atoms with Gasteiger partial charge in [0.05, 0.1) is 17.9 Å². The van der Waals surface area contributed by atoms with Gasteiger partial charge in [-0.3, -0.25) is 4.68 Å². The molecule has 0 saturated carbocycles. The van der Waals surface area contributed by atoms with Crippen LogP contribution in [0.2, 0.25) is 0 Å². The smallest absolute Gasteiger partial charge is 0.0926 e. The molecule has 4 heteroatoms. The monoisotopic (exact) mass is 277 g/mol. The van der Waals surface area contributed by atoms with E-state index in [4.69, 9.17) is 0 Å². The van der Waals surface area contributed by atoms with Crippen molar-refractivity contribution >= 4 is 15.9 Å². The molecule has 0 spiro atoms. The highest BCUT2D eigenvalue weighted by Crippen LogP contribution is 2.22. The maximum absolute atomic E-state index is 4.61. The Labute approximate surface area is 103 Å². The van der Waals surface area contributed by atoms with Crippen molar-refractivity contribution in [3.8, 4) is 11.3 Å². The van der Waals surface area contributed by atoms with Gasteiger partial charge < -0.3 is 5.32 Å². The van der Waals surface area contributed by atoms with Crippen LogP contribution in [-0.2, 0) is 13.1 Å². The molecule has 3 rings (SSSR count). The molecule has 16 heavy (non-hydrogen) atoms. The Kier molecular flexibility index (Phi) is 2.53. The summed E-state index contributed by atoms with van der Waals surface area (Å²) in [4.78, 5) is 0. The second-order valence-corrected chi connectivity index (χ2v) is 4.84. The molecule has 82 valence electrons. The zero-order valence-corrected chi connectivity index (χ0v) is 10.4. The third-order valence-corrected chi connectivity index (χ3v) is 3.34. The Bertz CT molecular complexity index is 478. The topological polar surface area (TPSA) is 29.9 Å². The van der Waals surface area contributed by atoms with Gasteiger partial charge in [0.15, 0.2) is 0 Å². The number of fused-ring (bicyclic) bond motifs is 1. The zero-order valence-electron chi connectivity index (χ0n) is 8.78. The third-order valence-electron chi connectivity index (χ3n) is 2.81. The van der Waals surface area contributed by atoms with Gasteiger partial charge in [0, 0.05) is 23.1 Å². The van der Waals surface area contributed by atoms with Crippen molar-refractivity contribution in [1.29, 1.82) is 0 Å². The van der Waals surface area contributed by atoms with E-state index in [1.807, 2.05) is 12.1 Å². The fourth-order valence-corrected chi connectivity index (χ4v) is 2.22. The number of nitrogens with zero attached hydrogens (tertiary/aromatic N) is 2. The molecule has 0 atom stereocenters. The van der Waals surface area contributed by atoms with Crippen LogP contribution in [0.1, 0.15) is 5.69 Å². The van der Waals surface area contributed by atoms with Gasteiger partial charge in [-0.15, -0.1) is 0 Å². The lowest BCUT2D eigenvalue weighted by Gasteiger charge is -2.13. The van der Waals surface area contributed by atoms with Crippen LogP contribution >= 0.6 is 15.9 Å². The molecule has 0 radical (unpaired) electrons. The number of halogens is 1. The molecule has 3 nitrogen and oxygen atoms in total. The summed E-state index contributed by atoms with van der Waals surface area (Å²) >= 11 is 3.44. The highest BCUT2D eigenvalue weighted by molar-refractivity contribution is 9.10. The Hall–Kier alpha value is -1.13. The lowest BCUT2D eigenvalue weighted by molar-refractivity contribution is 0.476. The fourth-order valence-electron chi connectivity index (χ4n) is 1.95. The molecule has 0 amide bonds. The van der Waals surface area contributed by atoms with Crippen molar-refractivity contribution in [2.75, 3.05) is 6.54 Å². The summed E-state index contributed by atoms with van der Waals surface area (Å²) in [6, 6.07) is 10.4. The molecule has 1 aliphatic heterocycles. The number of hydrogen-bond donors (Lipinski definition) is 1. The first kappa shape index (κ1) is 10.1. The lowest BCUT2D eigenvalue weighted by Crippen LogP contribution is -2.28. The maximum Gasteiger partial charge on any atom is 0.0926 e. The van der Waals surface area contributed by atoms with Crippen molar-refractivity contribution in [3.63, 3.8) is 0 Å². The van der Waals surface area contributed by atoms with Crippen molar-refractivity contribution in [2.45, 2.75) is 13.1 Å². The van der Waals surface area contributed by atoms with E-state index in [-0.39, 0.29) is 0 Å². The van der Waals surface area contributed by atoms with Crippen LogP contribution in [0.15, 0.2) is 34.8 Å². The molecular formula is C12H12BrN3. The van der Waals surface area contributed by atoms with E-state index in [0.717, 1.165) is 29.8 Å². The van der Waals surface area contributed by atoms with Crippen molar-refractivity contribution in [1.82, 2.24) is 15.1 Å². The van der Waals surface area contributed by atoms with Crippen LogP contribution in [-0.4, -0.2) is 16.3 Å². The second kappa shape index (κ2) is 4.03. The van der Waals surface area contributed by atoms with Gasteiger partial charge in [-0.25, -0.2) is 0 Å². The fraction of sp³-hybridized carbons (Fsp3) is 0.250. The average molecular weight is 278 g/mol. The highest BCUT2D eigenvalue weighted by atomic mass is 79.9. The minimum atomic E-state index is 0.920. The van der Waals surface area contributed by atoms with Crippen LogP contribution in [0, 0.1) is 0 Å². The molecule has 0 saturated heterocycles. The predicted molar refractivity (Wildman–Crippen MR) is 67.1 cm³/mol. The van der Waals surface area contributed by atoms with Crippen LogP contribution in [0.5, 0.6) is 0 Å². The standard InChI is InChI=1S/C12H12BrN3/c13-10-3-1-9(2-4-10)12-7-11-8-14-5-6-16(11)15-12/h1-4,7,14H,5-6,8H2. The van der Waals surface area contributed by atoms with E-state index in [1.54, 1.807) is 0 Å². The van der Waals surface area contributed by atoms with Gasteiger partial charge in [-0.2, -0.15) is 5.10 Å². The van der Waals surface area contributed by atoms with Crippen molar-refractivity contribution in [3.05, 3.63) is 40.5 Å². The average Bonchev–Trinajstić information content (AvgIpc) is 2.73. The van der Waals surface area contributed by atoms with Gasteiger partial charge >= 0.3 is 0 Å². The molecule has 2 aromatic rings. The summed E-state index contributed by atoms with van der Waals surface area (Å²) in [5, 5.41) is 7.96. The minimum Gasteiger partial charge on any atom is -0.309 e. The van der Waals surface area contributed by atoms with E-state index < -0.39 is 0 Å². The lowest BCUT2D eigenvalue weighted by atomic mass is 10.1. The summed E-state index contributed by atoms with van der Waals surface area (Å²) in [5.74, 6) is 0. The normalized spacial score (nSPS) is 14.8. The number of benzene rings is 1. The first-order chi connectivity index (χ1) is 7.83. The molecule has 1 aliphatic rings. The molecule has 1 aromatic heterocycles. The molecule has 0 bridgehead atoms. The van der Waals surface area contributed by atoms with E-state index in [0.29, 0.717) is 0 Å². The Morgan fingerprint density at radius 2 is 2.06 bits per heavy atom. The summed E-state index contributed by atoms with van der Waals surface area (Å²) in [5.41, 5.74) is 3.50. The minimum absolute atomic E-state index is 0.920. The van der Waals surface area contributed by atoms with Crippen molar-refractivity contribution < 1.29 is 0 Å². The maximum atomic E-state index is 4.61. The van der Waals surface area contributed by atoms with Gasteiger partial charge in [-0.1, -0.05) is 28.1 Å². The molecule has 1 N–H and O–H groups in total. The summed E-state index contributed by atoms with van der Waals surface area (Å²) < 4.78 is 3.19. The Morgan fingerprint density at radius 1 is 1.25 bits per heavy atom. The third kappa shape index (κ3) is 1.79. The molecule has 0 unspecified atom stereocenters. The van der Waals surface area contributed by atoms with Gasteiger partial charge in [-0.05, 0) is 18.2 Å².